The van der Waals surface area contributed by atoms with E-state index in [-0.39, 0.29) is 10.8 Å². The molecule has 0 aliphatic heterocycles. The van der Waals surface area contributed by atoms with Crippen LogP contribution < -0.4 is 4.74 Å². The van der Waals surface area contributed by atoms with Crippen molar-refractivity contribution < 1.29 is 4.74 Å². The van der Waals surface area contributed by atoms with Gasteiger partial charge >= 0.3 is 0 Å². The molecule has 0 bridgehead atoms. The van der Waals surface area contributed by atoms with Crippen molar-refractivity contribution in [1.82, 2.24) is 14.5 Å². The Morgan fingerprint density at radius 3 is 1.69 bits per heavy atom. The summed E-state index contributed by atoms with van der Waals surface area (Å²) in [7, 11) is 0. The van der Waals surface area contributed by atoms with Crippen molar-refractivity contribution in [3.8, 4) is 39.6 Å². The molecule has 0 spiro atoms. The second-order valence-corrected chi connectivity index (χ2v) is 17.9. The first-order valence-corrected chi connectivity index (χ1v) is 20.6. The summed E-state index contributed by atoms with van der Waals surface area (Å²) in [6, 6.07) is 58.7. The minimum Gasteiger partial charge on any atom is -0.457 e. The Balaban J connectivity index is 1.08. The maximum atomic E-state index is 6.82. The fourth-order valence-electron chi connectivity index (χ4n) is 9.14. The predicted molar refractivity (Wildman–Crippen MR) is 243 cm³/mol. The molecule has 0 saturated carbocycles. The van der Waals surface area contributed by atoms with Crippen LogP contribution >= 0.6 is 0 Å². The Bertz CT molecular complexity index is 2940. The first kappa shape index (κ1) is 36.6. The summed E-state index contributed by atoms with van der Waals surface area (Å²) in [5.74, 6) is 1.50. The summed E-state index contributed by atoms with van der Waals surface area (Å²) < 4.78 is 9.14. The minimum atomic E-state index is -0.674. The number of pyridine rings is 2. The number of rotatable bonds is 6. The topological polar surface area (TPSA) is 39.9 Å². The Morgan fingerprint density at radius 1 is 0.492 bits per heavy atom. The molecule has 9 aromatic rings. The Kier molecular flexibility index (Phi) is 8.47. The van der Waals surface area contributed by atoms with Gasteiger partial charge in [-0.15, -0.1) is 0 Å². The molecule has 6 aromatic carbocycles. The van der Waals surface area contributed by atoms with E-state index in [0.29, 0.717) is 0 Å². The average molecular weight is 766 g/mol. The van der Waals surface area contributed by atoms with Gasteiger partial charge in [0.05, 0.1) is 27.8 Å². The van der Waals surface area contributed by atoms with E-state index < -0.39 is 5.41 Å². The van der Waals surface area contributed by atoms with Gasteiger partial charge in [0, 0.05) is 34.4 Å². The number of benzene rings is 6. The molecule has 0 unspecified atom stereocenters. The number of hydrogen-bond donors (Lipinski definition) is 0. The Hall–Kier alpha value is -6.78. The second kappa shape index (κ2) is 13.7. The molecule has 1 aliphatic carbocycles. The van der Waals surface area contributed by atoms with Crippen molar-refractivity contribution in [3.05, 3.63) is 210 Å². The van der Waals surface area contributed by atoms with Gasteiger partial charge in [0.2, 0.25) is 0 Å². The lowest BCUT2D eigenvalue weighted by Crippen LogP contribution is -2.30. The lowest BCUT2D eigenvalue weighted by molar-refractivity contribution is 0.481. The van der Waals surface area contributed by atoms with E-state index in [0.717, 1.165) is 39.7 Å². The van der Waals surface area contributed by atoms with Crippen LogP contribution in [-0.4, -0.2) is 14.5 Å². The number of fused-ring (bicyclic) bond motifs is 6. The standard InChI is InChI=1S/C55H47N3O/c1-53(2,3)37-24-26-43-44-27-25-38(54(4,5)6)34-48(44)55(47(43)33-37,52-23-11-12-29-57-52)39-16-14-18-42(32-39)59-41-17-13-15-36(31-41)49-35-40(28-30-56-49)58-50-21-9-7-19-45(50)46-20-8-10-22-51(46)58/h7-35H,1-6H3. The summed E-state index contributed by atoms with van der Waals surface area (Å²) >= 11 is 0. The van der Waals surface area contributed by atoms with Crippen LogP contribution in [0.1, 0.15) is 75.1 Å². The quantitative estimate of drug-likeness (QED) is 0.169. The number of nitrogens with zero attached hydrogens (tertiary/aromatic N) is 3. The van der Waals surface area contributed by atoms with E-state index in [9.17, 15) is 0 Å². The van der Waals surface area contributed by atoms with E-state index >= 15 is 0 Å². The van der Waals surface area contributed by atoms with Crippen molar-refractivity contribution in [2.75, 3.05) is 0 Å². The SMILES string of the molecule is CC(C)(C)c1ccc2c(c1)C(c1cccc(Oc3cccc(-c4cc(-n5c6ccccc6c6ccccc65)ccn4)c3)c1)(c1ccccn1)c1cc(C(C)(C)C)ccc1-2. The van der Waals surface area contributed by atoms with Crippen molar-refractivity contribution in [1.29, 1.82) is 0 Å². The highest BCUT2D eigenvalue weighted by atomic mass is 16.5. The Labute approximate surface area is 346 Å². The van der Waals surface area contributed by atoms with Gasteiger partial charge < -0.3 is 9.30 Å². The number of aromatic nitrogens is 3. The fourth-order valence-corrected chi connectivity index (χ4v) is 9.14. The molecule has 288 valence electrons. The summed E-state index contributed by atoms with van der Waals surface area (Å²) in [6.45, 7) is 13.7. The first-order valence-electron chi connectivity index (χ1n) is 20.6. The number of ether oxygens (including phenoxy) is 1. The van der Waals surface area contributed by atoms with Crippen molar-refractivity contribution in [2.45, 2.75) is 57.8 Å². The molecule has 0 N–H and O–H groups in total. The van der Waals surface area contributed by atoms with E-state index in [1.54, 1.807) is 0 Å². The van der Waals surface area contributed by atoms with E-state index in [1.165, 1.54) is 55.2 Å². The van der Waals surface area contributed by atoms with Gasteiger partial charge in [0.1, 0.15) is 11.5 Å². The van der Waals surface area contributed by atoms with Crippen molar-refractivity contribution >= 4 is 21.8 Å². The molecule has 3 aromatic heterocycles. The maximum absolute atomic E-state index is 6.82. The highest BCUT2D eigenvalue weighted by molar-refractivity contribution is 6.09. The van der Waals surface area contributed by atoms with Gasteiger partial charge in [0.15, 0.2) is 0 Å². The molecule has 0 atom stereocenters. The predicted octanol–water partition coefficient (Wildman–Crippen LogP) is 14.0. The zero-order chi connectivity index (χ0) is 40.5. The van der Waals surface area contributed by atoms with Gasteiger partial charge in [0.25, 0.3) is 0 Å². The second-order valence-electron chi connectivity index (χ2n) is 17.9. The van der Waals surface area contributed by atoms with Gasteiger partial charge in [-0.3, -0.25) is 9.97 Å². The zero-order valence-electron chi connectivity index (χ0n) is 34.5. The highest BCUT2D eigenvalue weighted by Crippen LogP contribution is 2.57. The van der Waals surface area contributed by atoms with Gasteiger partial charge in [-0.25, -0.2) is 0 Å². The Morgan fingerprint density at radius 2 is 1.08 bits per heavy atom. The third kappa shape index (κ3) is 6.05. The normalized spacial score (nSPS) is 13.4. The van der Waals surface area contributed by atoms with Crippen molar-refractivity contribution in [2.24, 2.45) is 0 Å². The molecule has 3 heterocycles. The lowest BCUT2D eigenvalue weighted by Gasteiger charge is -2.34. The molecule has 0 amide bonds. The molecule has 4 nitrogen and oxygen atoms in total. The molecular formula is C55H47N3O. The molecule has 59 heavy (non-hydrogen) atoms. The lowest BCUT2D eigenvalue weighted by atomic mass is 9.68. The highest BCUT2D eigenvalue weighted by Gasteiger charge is 2.48. The smallest absolute Gasteiger partial charge is 0.128 e. The average Bonchev–Trinajstić information content (AvgIpc) is 3.74. The van der Waals surface area contributed by atoms with Crippen LogP contribution in [0.3, 0.4) is 0 Å². The molecule has 4 heteroatoms. The third-order valence-electron chi connectivity index (χ3n) is 12.1. The first-order chi connectivity index (χ1) is 28.5. The van der Waals surface area contributed by atoms with Crippen LogP contribution in [0.2, 0.25) is 0 Å². The molecule has 0 radical (unpaired) electrons. The zero-order valence-corrected chi connectivity index (χ0v) is 34.5. The van der Waals surface area contributed by atoms with Crippen LogP contribution in [-0.2, 0) is 16.2 Å². The third-order valence-corrected chi connectivity index (χ3v) is 12.1. The van der Waals surface area contributed by atoms with Crippen LogP contribution in [0.25, 0.3) is 49.9 Å². The van der Waals surface area contributed by atoms with Crippen molar-refractivity contribution in [3.63, 3.8) is 0 Å². The van der Waals surface area contributed by atoms with Gasteiger partial charge in [-0.1, -0.05) is 145 Å². The van der Waals surface area contributed by atoms with Crippen LogP contribution in [0.5, 0.6) is 11.5 Å². The van der Waals surface area contributed by atoms with Crippen LogP contribution in [0, 0.1) is 0 Å². The summed E-state index contributed by atoms with van der Waals surface area (Å²) in [5.41, 5.74) is 14.2. The summed E-state index contributed by atoms with van der Waals surface area (Å²) in [4.78, 5) is 10.0. The van der Waals surface area contributed by atoms with Gasteiger partial charge in [-0.2, -0.15) is 0 Å². The number of para-hydroxylation sites is 2. The van der Waals surface area contributed by atoms with E-state index in [4.69, 9.17) is 14.7 Å². The fraction of sp³-hybridized carbons (Fsp3) is 0.164. The summed E-state index contributed by atoms with van der Waals surface area (Å²) in [5, 5.41) is 2.47. The maximum Gasteiger partial charge on any atom is 0.128 e. The largest absolute Gasteiger partial charge is 0.457 e. The summed E-state index contributed by atoms with van der Waals surface area (Å²) in [6.07, 6.45) is 3.82. The van der Waals surface area contributed by atoms with Gasteiger partial charge in [-0.05, 0) is 110 Å². The van der Waals surface area contributed by atoms with E-state index in [2.05, 4.69) is 192 Å². The molecule has 0 fully saturated rings. The molecular weight excluding hydrogens is 719 g/mol. The van der Waals surface area contributed by atoms with Crippen LogP contribution in [0.4, 0.5) is 0 Å². The molecule has 10 rings (SSSR count). The monoisotopic (exact) mass is 765 g/mol. The minimum absolute atomic E-state index is 0.0377. The van der Waals surface area contributed by atoms with E-state index in [1.807, 2.05) is 30.6 Å². The molecule has 0 saturated heterocycles. The number of hydrogen-bond acceptors (Lipinski definition) is 3. The molecule has 1 aliphatic rings. The van der Waals surface area contributed by atoms with Crippen LogP contribution in [0.15, 0.2) is 176 Å².